The Bertz CT molecular complexity index is 830. The first kappa shape index (κ1) is 20.9. The molecule has 0 unspecified atom stereocenters. The van der Waals surface area contributed by atoms with E-state index in [2.05, 4.69) is 0 Å². The molecule has 0 aliphatic heterocycles. The number of Topliss-reactive ketones (excluding diaryl/α,β-unsaturated/α-hetero) is 2. The van der Waals surface area contributed by atoms with Crippen molar-refractivity contribution in [2.75, 3.05) is 14.2 Å². The lowest BCUT2D eigenvalue weighted by Crippen LogP contribution is -1.95. The molecule has 0 aromatic heterocycles. The highest BCUT2D eigenvalue weighted by atomic mass is 16.5. The zero-order valence-electron chi connectivity index (χ0n) is 16.6. The van der Waals surface area contributed by atoms with Gasteiger partial charge in [-0.25, -0.2) is 0 Å². The summed E-state index contributed by atoms with van der Waals surface area (Å²) >= 11 is 0. The average Bonchev–Trinajstić information content (AvgIpc) is 2.74. The molecule has 0 saturated heterocycles. The number of carbonyl (C=O) groups is 2. The van der Waals surface area contributed by atoms with Gasteiger partial charge in [0.25, 0.3) is 0 Å². The highest BCUT2D eigenvalue weighted by molar-refractivity contribution is 5.97. The van der Waals surface area contributed by atoms with Crippen LogP contribution in [0.2, 0.25) is 0 Å². The molecule has 3 aromatic rings. The third-order valence-corrected chi connectivity index (χ3v) is 4.21. The number of benzene rings is 3. The van der Waals surface area contributed by atoms with Crippen molar-refractivity contribution in [3.63, 3.8) is 0 Å². The van der Waals surface area contributed by atoms with Crippen LogP contribution in [0.15, 0.2) is 72.8 Å². The molecule has 144 valence electrons. The van der Waals surface area contributed by atoms with Crippen LogP contribution in [-0.4, -0.2) is 25.8 Å². The van der Waals surface area contributed by atoms with Crippen LogP contribution in [0, 0.1) is 0 Å². The van der Waals surface area contributed by atoms with Gasteiger partial charge in [0.05, 0.1) is 14.2 Å². The summed E-state index contributed by atoms with van der Waals surface area (Å²) in [4.78, 5) is 21.7. The number of hydrogen-bond acceptors (Lipinski definition) is 4. The minimum Gasteiger partial charge on any atom is -0.497 e. The number of hydrogen-bond donors (Lipinski definition) is 0. The predicted molar refractivity (Wildman–Crippen MR) is 111 cm³/mol. The molecule has 0 atom stereocenters. The van der Waals surface area contributed by atoms with Crippen LogP contribution in [0.4, 0.5) is 0 Å². The lowest BCUT2D eigenvalue weighted by atomic mass is 10.1. The Morgan fingerprint density at radius 3 is 1.04 bits per heavy atom. The lowest BCUT2D eigenvalue weighted by Gasteiger charge is -2.05. The van der Waals surface area contributed by atoms with Crippen molar-refractivity contribution < 1.29 is 19.1 Å². The van der Waals surface area contributed by atoms with E-state index < -0.39 is 0 Å². The Morgan fingerprint density at radius 1 is 0.536 bits per heavy atom. The van der Waals surface area contributed by atoms with Crippen LogP contribution >= 0.6 is 0 Å². The van der Waals surface area contributed by atoms with E-state index in [-0.39, 0.29) is 11.6 Å². The van der Waals surface area contributed by atoms with Gasteiger partial charge in [0, 0.05) is 11.1 Å². The van der Waals surface area contributed by atoms with Crippen LogP contribution in [0.25, 0.3) is 11.1 Å². The van der Waals surface area contributed by atoms with E-state index >= 15 is 0 Å². The number of methoxy groups -OCH3 is 2. The van der Waals surface area contributed by atoms with Crippen molar-refractivity contribution in [1.82, 2.24) is 0 Å². The first-order valence-corrected chi connectivity index (χ1v) is 8.85. The third kappa shape index (κ3) is 5.81. The molecule has 0 aliphatic rings. The molecule has 0 amide bonds. The molecule has 28 heavy (non-hydrogen) atoms. The quantitative estimate of drug-likeness (QED) is 0.555. The summed E-state index contributed by atoms with van der Waals surface area (Å²) in [6.45, 7) is 3.01. The third-order valence-electron chi connectivity index (χ3n) is 4.21. The van der Waals surface area contributed by atoms with E-state index in [1.807, 2.05) is 48.5 Å². The molecule has 0 spiro atoms. The molecule has 4 nitrogen and oxygen atoms in total. The second-order valence-corrected chi connectivity index (χ2v) is 6.15. The zero-order chi connectivity index (χ0) is 20.5. The minimum atomic E-state index is 0.0186. The van der Waals surface area contributed by atoms with Crippen molar-refractivity contribution >= 4 is 11.6 Å². The van der Waals surface area contributed by atoms with Gasteiger partial charge in [0.15, 0.2) is 11.6 Å². The maximum absolute atomic E-state index is 10.8. The van der Waals surface area contributed by atoms with Crippen LogP contribution in [0.3, 0.4) is 0 Å². The van der Waals surface area contributed by atoms with Gasteiger partial charge in [-0.2, -0.15) is 0 Å². The van der Waals surface area contributed by atoms with Gasteiger partial charge < -0.3 is 9.47 Å². The van der Waals surface area contributed by atoms with Crippen molar-refractivity contribution in [3.05, 3.63) is 83.9 Å². The van der Waals surface area contributed by atoms with E-state index in [1.165, 1.54) is 25.0 Å². The average molecular weight is 376 g/mol. The van der Waals surface area contributed by atoms with E-state index in [1.54, 1.807) is 38.5 Å². The molecular formula is C24H24O4. The van der Waals surface area contributed by atoms with E-state index in [0.29, 0.717) is 11.1 Å². The molecule has 4 heteroatoms. The molecule has 0 N–H and O–H groups in total. The van der Waals surface area contributed by atoms with Gasteiger partial charge in [0.1, 0.15) is 11.5 Å². The first-order chi connectivity index (χ1) is 13.4. The van der Waals surface area contributed by atoms with Gasteiger partial charge in [-0.1, -0.05) is 48.5 Å². The molecule has 0 aliphatic carbocycles. The summed E-state index contributed by atoms with van der Waals surface area (Å²) in [6.07, 6.45) is 0. The van der Waals surface area contributed by atoms with Crippen molar-refractivity contribution in [3.8, 4) is 22.6 Å². The predicted octanol–water partition coefficient (Wildman–Crippen LogP) is 5.46. The Labute approximate surface area is 165 Å². The van der Waals surface area contributed by atoms with Gasteiger partial charge >= 0.3 is 0 Å². The van der Waals surface area contributed by atoms with Crippen molar-refractivity contribution in [2.24, 2.45) is 0 Å². The second-order valence-electron chi connectivity index (χ2n) is 6.15. The first-order valence-electron chi connectivity index (χ1n) is 8.85. The van der Waals surface area contributed by atoms with Crippen LogP contribution in [0.1, 0.15) is 34.6 Å². The van der Waals surface area contributed by atoms with Gasteiger partial charge in [-0.15, -0.1) is 0 Å². The zero-order valence-corrected chi connectivity index (χ0v) is 16.6. The Hall–Kier alpha value is -3.40. The topological polar surface area (TPSA) is 52.6 Å². The van der Waals surface area contributed by atoms with E-state index in [4.69, 9.17) is 9.47 Å². The fourth-order valence-corrected chi connectivity index (χ4v) is 2.51. The van der Waals surface area contributed by atoms with Crippen LogP contribution < -0.4 is 9.47 Å². The fourth-order valence-electron chi connectivity index (χ4n) is 2.51. The summed E-state index contributed by atoms with van der Waals surface area (Å²) in [5.41, 5.74) is 3.62. The SMILES string of the molecule is CC(=O)c1ccc(C(C)=O)cc1.COc1ccc(-c2ccc(OC)cc2)cc1. The largest absolute Gasteiger partial charge is 0.497 e. The summed E-state index contributed by atoms with van der Waals surface area (Å²) in [6, 6.07) is 22.7. The smallest absolute Gasteiger partial charge is 0.159 e. The Morgan fingerprint density at radius 2 is 0.821 bits per heavy atom. The number of rotatable bonds is 5. The monoisotopic (exact) mass is 376 g/mol. The maximum atomic E-state index is 10.8. The standard InChI is InChI=1S/C14H14O2.C10H10O2/c1-15-13-7-3-11(4-8-13)12-5-9-14(16-2)10-6-12;1-7(11)9-3-5-10(6-4-9)8(2)12/h3-10H,1-2H3;3-6H,1-2H3. The van der Waals surface area contributed by atoms with Gasteiger partial charge in [-0.05, 0) is 49.2 Å². The van der Waals surface area contributed by atoms with Crippen molar-refractivity contribution in [1.29, 1.82) is 0 Å². The number of ether oxygens (including phenoxy) is 2. The van der Waals surface area contributed by atoms with Crippen LogP contribution in [0.5, 0.6) is 11.5 Å². The summed E-state index contributed by atoms with van der Waals surface area (Å²) in [5, 5.41) is 0. The number of carbonyl (C=O) groups excluding carboxylic acids is 2. The molecule has 0 radical (unpaired) electrons. The number of ketones is 2. The van der Waals surface area contributed by atoms with Gasteiger partial charge in [-0.3, -0.25) is 9.59 Å². The van der Waals surface area contributed by atoms with Crippen molar-refractivity contribution in [2.45, 2.75) is 13.8 Å². The van der Waals surface area contributed by atoms with E-state index in [0.717, 1.165) is 11.5 Å². The molecule has 0 bridgehead atoms. The molecule has 0 fully saturated rings. The molecule has 0 heterocycles. The molecular weight excluding hydrogens is 352 g/mol. The fraction of sp³-hybridized carbons (Fsp3) is 0.167. The maximum Gasteiger partial charge on any atom is 0.159 e. The summed E-state index contributed by atoms with van der Waals surface area (Å²) < 4.78 is 10.2. The van der Waals surface area contributed by atoms with Crippen LogP contribution in [-0.2, 0) is 0 Å². The normalized spacial score (nSPS) is 9.71. The Balaban J connectivity index is 0.000000209. The Kier molecular flexibility index (Phi) is 7.52. The van der Waals surface area contributed by atoms with Gasteiger partial charge in [0.2, 0.25) is 0 Å². The minimum absolute atomic E-state index is 0.0186. The highest BCUT2D eigenvalue weighted by Gasteiger charge is 2.01. The molecule has 3 rings (SSSR count). The van der Waals surface area contributed by atoms with E-state index in [9.17, 15) is 9.59 Å². The summed E-state index contributed by atoms with van der Waals surface area (Å²) in [5.74, 6) is 1.78. The molecule has 3 aromatic carbocycles. The molecule has 0 saturated carbocycles. The lowest BCUT2D eigenvalue weighted by molar-refractivity contribution is 0.100. The summed E-state index contributed by atoms with van der Waals surface area (Å²) in [7, 11) is 3.34. The second kappa shape index (κ2) is 10.1. The highest BCUT2D eigenvalue weighted by Crippen LogP contribution is 2.24.